The molecule has 0 fully saturated rings. The van der Waals surface area contributed by atoms with Crippen molar-refractivity contribution in [1.82, 2.24) is 0 Å². The molecule has 100 valence electrons. The number of halogens is 1. The Morgan fingerprint density at radius 1 is 1.16 bits per heavy atom. The molecule has 0 aliphatic rings. The van der Waals surface area contributed by atoms with E-state index in [-0.39, 0.29) is 6.04 Å². The van der Waals surface area contributed by atoms with Crippen LogP contribution in [0, 0.1) is 6.92 Å². The highest BCUT2D eigenvalue weighted by Crippen LogP contribution is 2.32. The number of benzene rings is 2. The zero-order chi connectivity index (χ0) is 13.8. The first-order valence-corrected chi connectivity index (χ1v) is 6.74. The fourth-order valence-corrected chi connectivity index (χ4v) is 2.35. The number of rotatable bonds is 4. The normalized spacial score (nSPS) is 12.2. The Hall–Kier alpha value is -1.51. The maximum absolute atomic E-state index is 6.35. The van der Waals surface area contributed by atoms with E-state index in [0.29, 0.717) is 11.6 Å². The van der Waals surface area contributed by atoms with Crippen molar-refractivity contribution in [2.75, 3.05) is 6.61 Å². The number of hydrogen-bond acceptors (Lipinski definition) is 2. The van der Waals surface area contributed by atoms with Crippen LogP contribution in [0.3, 0.4) is 0 Å². The van der Waals surface area contributed by atoms with Gasteiger partial charge in [0.15, 0.2) is 0 Å². The smallest absolute Gasteiger partial charge is 0.124 e. The van der Waals surface area contributed by atoms with Crippen LogP contribution in [0.5, 0.6) is 5.75 Å². The van der Waals surface area contributed by atoms with Crippen LogP contribution in [0.1, 0.15) is 29.7 Å². The Balaban J connectivity index is 2.45. The molecule has 19 heavy (non-hydrogen) atoms. The summed E-state index contributed by atoms with van der Waals surface area (Å²) in [6.45, 7) is 4.62. The summed E-state index contributed by atoms with van der Waals surface area (Å²) in [7, 11) is 0. The molecule has 0 saturated carbocycles. The van der Waals surface area contributed by atoms with Gasteiger partial charge in [-0.2, -0.15) is 0 Å². The van der Waals surface area contributed by atoms with Crippen molar-refractivity contribution in [1.29, 1.82) is 0 Å². The largest absolute Gasteiger partial charge is 0.494 e. The SMILES string of the molecule is CCOc1ccc(C)cc1C(N)c1ccccc1Cl. The third-order valence-electron chi connectivity index (χ3n) is 3.04. The van der Waals surface area contributed by atoms with Crippen LogP contribution < -0.4 is 10.5 Å². The summed E-state index contributed by atoms with van der Waals surface area (Å²) < 4.78 is 5.65. The standard InChI is InChI=1S/C16H18ClNO/c1-3-19-15-9-8-11(2)10-13(15)16(18)12-6-4-5-7-14(12)17/h4-10,16H,3,18H2,1-2H3. The van der Waals surface area contributed by atoms with E-state index < -0.39 is 0 Å². The molecular formula is C16H18ClNO. The fraction of sp³-hybridized carbons (Fsp3) is 0.250. The minimum absolute atomic E-state index is 0.282. The van der Waals surface area contributed by atoms with E-state index >= 15 is 0 Å². The van der Waals surface area contributed by atoms with Crippen molar-refractivity contribution < 1.29 is 4.74 Å². The van der Waals surface area contributed by atoms with Gasteiger partial charge >= 0.3 is 0 Å². The molecule has 0 amide bonds. The predicted molar refractivity (Wildman–Crippen MR) is 79.8 cm³/mol. The Bertz CT molecular complexity index is 568. The molecule has 2 rings (SSSR count). The summed E-state index contributed by atoms with van der Waals surface area (Å²) in [5.41, 5.74) is 9.39. The van der Waals surface area contributed by atoms with Crippen molar-refractivity contribution in [2.24, 2.45) is 5.73 Å². The zero-order valence-electron chi connectivity index (χ0n) is 11.2. The average Bonchev–Trinajstić information content (AvgIpc) is 2.41. The summed E-state index contributed by atoms with van der Waals surface area (Å²) in [4.78, 5) is 0. The maximum atomic E-state index is 6.35. The van der Waals surface area contributed by atoms with Crippen molar-refractivity contribution in [3.63, 3.8) is 0 Å². The van der Waals surface area contributed by atoms with Gasteiger partial charge in [0.05, 0.1) is 12.6 Å². The van der Waals surface area contributed by atoms with Crippen molar-refractivity contribution in [3.05, 3.63) is 64.2 Å². The van der Waals surface area contributed by atoms with Gasteiger partial charge < -0.3 is 10.5 Å². The molecule has 3 heteroatoms. The Labute approximate surface area is 119 Å². The van der Waals surface area contributed by atoms with Gasteiger partial charge in [0.2, 0.25) is 0 Å². The summed E-state index contributed by atoms with van der Waals surface area (Å²) in [5, 5.41) is 0.680. The lowest BCUT2D eigenvalue weighted by atomic mass is 9.97. The zero-order valence-corrected chi connectivity index (χ0v) is 11.9. The fourth-order valence-electron chi connectivity index (χ4n) is 2.09. The van der Waals surface area contributed by atoms with E-state index in [0.717, 1.165) is 22.4 Å². The summed E-state index contributed by atoms with van der Waals surface area (Å²) in [6.07, 6.45) is 0. The monoisotopic (exact) mass is 275 g/mol. The van der Waals surface area contributed by atoms with Crippen molar-refractivity contribution in [3.8, 4) is 5.75 Å². The molecule has 1 atom stereocenters. The Morgan fingerprint density at radius 3 is 2.58 bits per heavy atom. The van der Waals surface area contributed by atoms with Gasteiger partial charge in [0, 0.05) is 10.6 Å². The number of ether oxygens (including phenoxy) is 1. The molecule has 0 saturated heterocycles. The summed E-state index contributed by atoms with van der Waals surface area (Å²) >= 11 is 6.22. The van der Waals surface area contributed by atoms with Crippen LogP contribution in [-0.4, -0.2) is 6.61 Å². The van der Waals surface area contributed by atoms with Crippen LogP contribution in [0.4, 0.5) is 0 Å². The first-order chi connectivity index (χ1) is 9.13. The first kappa shape index (κ1) is 13.9. The molecule has 2 N–H and O–H groups in total. The summed E-state index contributed by atoms with van der Waals surface area (Å²) in [5.74, 6) is 0.820. The van der Waals surface area contributed by atoms with Crippen LogP contribution in [0.2, 0.25) is 5.02 Å². The van der Waals surface area contributed by atoms with Gasteiger partial charge in [0.25, 0.3) is 0 Å². The molecule has 2 aromatic rings. The van der Waals surface area contributed by atoms with E-state index in [4.69, 9.17) is 22.1 Å². The molecule has 0 bridgehead atoms. The highest BCUT2D eigenvalue weighted by atomic mass is 35.5. The van der Waals surface area contributed by atoms with E-state index in [1.54, 1.807) is 0 Å². The molecular weight excluding hydrogens is 258 g/mol. The highest BCUT2D eigenvalue weighted by molar-refractivity contribution is 6.31. The first-order valence-electron chi connectivity index (χ1n) is 6.36. The number of aryl methyl sites for hydroxylation is 1. The quantitative estimate of drug-likeness (QED) is 0.912. The van der Waals surface area contributed by atoms with Gasteiger partial charge in [-0.1, -0.05) is 47.5 Å². The second kappa shape index (κ2) is 6.09. The molecule has 0 aliphatic heterocycles. The second-order valence-electron chi connectivity index (χ2n) is 4.47. The lowest BCUT2D eigenvalue weighted by molar-refractivity contribution is 0.335. The lowest BCUT2D eigenvalue weighted by Crippen LogP contribution is -2.14. The summed E-state index contributed by atoms with van der Waals surface area (Å²) in [6, 6.07) is 13.4. The highest BCUT2D eigenvalue weighted by Gasteiger charge is 2.16. The minimum Gasteiger partial charge on any atom is -0.494 e. The molecule has 2 aromatic carbocycles. The number of hydrogen-bond donors (Lipinski definition) is 1. The van der Waals surface area contributed by atoms with Gasteiger partial charge in [-0.15, -0.1) is 0 Å². The van der Waals surface area contributed by atoms with E-state index in [2.05, 4.69) is 6.07 Å². The van der Waals surface area contributed by atoms with Crippen LogP contribution in [-0.2, 0) is 0 Å². The molecule has 0 aromatic heterocycles. The van der Waals surface area contributed by atoms with Crippen LogP contribution >= 0.6 is 11.6 Å². The number of nitrogens with two attached hydrogens (primary N) is 1. The van der Waals surface area contributed by atoms with Crippen LogP contribution in [0.25, 0.3) is 0 Å². The Morgan fingerprint density at radius 2 is 1.89 bits per heavy atom. The maximum Gasteiger partial charge on any atom is 0.124 e. The van der Waals surface area contributed by atoms with Crippen LogP contribution in [0.15, 0.2) is 42.5 Å². The third kappa shape index (κ3) is 3.09. The molecule has 0 spiro atoms. The van der Waals surface area contributed by atoms with E-state index in [1.165, 1.54) is 0 Å². The third-order valence-corrected chi connectivity index (χ3v) is 3.38. The minimum atomic E-state index is -0.282. The van der Waals surface area contributed by atoms with Gasteiger partial charge in [-0.05, 0) is 31.5 Å². The predicted octanol–water partition coefficient (Wildman–Crippen LogP) is 4.10. The van der Waals surface area contributed by atoms with Crippen molar-refractivity contribution in [2.45, 2.75) is 19.9 Å². The van der Waals surface area contributed by atoms with E-state index in [1.807, 2.05) is 50.2 Å². The van der Waals surface area contributed by atoms with E-state index in [9.17, 15) is 0 Å². The van der Waals surface area contributed by atoms with Gasteiger partial charge in [-0.25, -0.2) is 0 Å². The molecule has 0 heterocycles. The average molecular weight is 276 g/mol. The van der Waals surface area contributed by atoms with Crippen molar-refractivity contribution >= 4 is 11.6 Å². The molecule has 1 unspecified atom stereocenters. The molecule has 2 nitrogen and oxygen atoms in total. The second-order valence-corrected chi connectivity index (χ2v) is 4.88. The van der Waals surface area contributed by atoms with Gasteiger partial charge in [0.1, 0.15) is 5.75 Å². The van der Waals surface area contributed by atoms with Gasteiger partial charge in [-0.3, -0.25) is 0 Å². The lowest BCUT2D eigenvalue weighted by Gasteiger charge is -2.18. The molecule has 0 aliphatic carbocycles. The Kier molecular flexibility index (Phi) is 4.46. The topological polar surface area (TPSA) is 35.2 Å². The molecule has 0 radical (unpaired) electrons.